The molecule has 0 unspecified atom stereocenters. The van der Waals surface area contributed by atoms with Crippen molar-refractivity contribution in [3.63, 3.8) is 0 Å². The van der Waals surface area contributed by atoms with Gasteiger partial charge in [0.1, 0.15) is 16.5 Å². The molecule has 0 bridgehead atoms. The molecule has 1 aromatic carbocycles. The average Bonchev–Trinajstić information content (AvgIpc) is 2.25. The molecular formula is C10H14FNO4S. The van der Waals surface area contributed by atoms with Crippen molar-refractivity contribution in [2.45, 2.75) is 11.3 Å². The van der Waals surface area contributed by atoms with Crippen LogP contribution in [-0.4, -0.2) is 28.7 Å². The van der Waals surface area contributed by atoms with Crippen LogP contribution in [-0.2, 0) is 14.8 Å². The van der Waals surface area contributed by atoms with E-state index in [4.69, 9.17) is 14.6 Å². The Morgan fingerprint density at radius 1 is 1.35 bits per heavy atom. The Morgan fingerprint density at radius 3 is 2.65 bits per heavy atom. The second-order valence-corrected chi connectivity index (χ2v) is 4.86. The van der Waals surface area contributed by atoms with E-state index in [0.717, 1.165) is 12.1 Å². The molecule has 0 aliphatic heterocycles. The van der Waals surface area contributed by atoms with E-state index < -0.39 is 15.8 Å². The van der Waals surface area contributed by atoms with E-state index in [2.05, 4.69) is 0 Å². The average molecular weight is 263 g/mol. The highest BCUT2D eigenvalue weighted by molar-refractivity contribution is 7.89. The maximum Gasteiger partial charge on any atom is 0.241 e. The molecule has 2 N–H and O–H groups in total. The lowest BCUT2D eigenvalue weighted by Crippen LogP contribution is -2.14. The summed E-state index contributed by atoms with van der Waals surface area (Å²) in [6, 6.07) is 3.18. The minimum Gasteiger partial charge on any atom is -0.492 e. The molecule has 5 nitrogen and oxygen atoms in total. The molecule has 17 heavy (non-hydrogen) atoms. The zero-order valence-electron chi connectivity index (χ0n) is 9.35. The highest BCUT2D eigenvalue weighted by atomic mass is 32.2. The summed E-state index contributed by atoms with van der Waals surface area (Å²) >= 11 is 0. The Morgan fingerprint density at radius 2 is 2.06 bits per heavy atom. The molecule has 7 heteroatoms. The maximum atomic E-state index is 12.9. The number of hydrogen-bond donors (Lipinski definition) is 1. The highest BCUT2D eigenvalue weighted by Gasteiger charge is 2.16. The van der Waals surface area contributed by atoms with E-state index in [9.17, 15) is 12.8 Å². The van der Waals surface area contributed by atoms with E-state index >= 15 is 0 Å². The monoisotopic (exact) mass is 263 g/mol. The summed E-state index contributed by atoms with van der Waals surface area (Å²) in [6.07, 6.45) is 0.595. The van der Waals surface area contributed by atoms with E-state index in [-0.39, 0.29) is 17.3 Å². The largest absolute Gasteiger partial charge is 0.492 e. The first kappa shape index (κ1) is 13.9. The number of methoxy groups -OCH3 is 1. The highest BCUT2D eigenvalue weighted by Crippen LogP contribution is 2.23. The Balaban J connectivity index is 2.84. The molecule has 1 rings (SSSR count). The summed E-state index contributed by atoms with van der Waals surface area (Å²) < 4.78 is 45.4. The normalized spacial score (nSPS) is 11.5. The SMILES string of the molecule is COCCCOc1ccc(F)cc1S(N)(=O)=O. The summed E-state index contributed by atoms with van der Waals surface area (Å²) in [7, 11) is -2.45. The van der Waals surface area contributed by atoms with Crippen molar-refractivity contribution < 1.29 is 22.3 Å². The Kier molecular flexibility index (Phi) is 4.86. The van der Waals surface area contributed by atoms with Crippen LogP contribution in [0.25, 0.3) is 0 Å². The van der Waals surface area contributed by atoms with Crippen molar-refractivity contribution in [2.75, 3.05) is 20.3 Å². The van der Waals surface area contributed by atoms with Gasteiger partial charge in [0.25, 0.3) is 0 Å². The topological polar surface area (TPSA) is 78.6 Å². The number of rotatable bonds is 6. The number of halogens is 1. The molecule has 1 aromatic rings. The number of benzene rings is 1. The Labute approximate surface area is 99.4 Å². The molecule has 96 valence electrons. The number of sulfonamides is 1. The molecule has 0 aliphatic rings. The summed E-state index contributed by atoms with van der Waals surface area (Å²) in [6.45, 7) is 0.758. The fourth-order valence-electron chi connectivity index (χ4n) is 1.21. The second kappa shape index (κ2) is 5.95. The van der Waals surface area contributed by atoms with Crippen LogP contribution in [0.5, 0.6) is 5.75 Å². The maximum absolute atomic E-state index is 12.9. The lowest BCUT2D eigenvalue weighted by Gasteiger charge is -2.09. The van der Waals surface area contributed by atoms with E-state index in [1.165, 1.54) is 6.07 Å². The Hall–Kier alpha value is -1.18. The molecule has 0 saturated carbocycles. The fourth-order valence-corrected chi connectivity index (χ4v) is 1.89. The van der Waals surface area contributed by atoms with E-state index in [0.29, 0.717) is 13.0 Å². The number of primary sulfonamides is 1. The Bertz CT molecular complexity index is 475. The van der Waals surface area contributed by atoms with Gasteiger partial charge in [-0.1, -0.05) is 0 Å². The first-order valence-electron chi connectivity index (χ1n) is 4.89. The van der Waals surface area contributed by atoms with Gasteiger partial charge in [0.05, 0.1) is 6.61 Å². The van der Waals surface area contributed by atoms with Crippen LogP contribution in [0.1, 0.15) is 6.42 Å². The molecule has 0 fully saturated rings. The molecule has 0 aliphatic carbocycles. The van der Waals surface area contributed by atoms with Crippen molar-refractivity contribution >= 4 is 10.0 Å². The summed E-state index contributed by atoms with van der Waals surface area (Å²) in [4.78, 5) is -0.352. The van der Waals surface area contributed by atoms with Crippen molar-refractivity contribution in [3.8, 4) is 5.75 Å². The fraction of sp³-hybridized carbons (Fsp3) is 0.400. The number of hydrogen-bond acceptors (Lipinski definition) is 4. The number of nitrogens with two attached hydrogens (primary N) is 1. The molecule has 0 saturated heterocycles. The summed E-state index contributed by atoms with van der Waals surface area (Å²) in [5, 5.41) is 4.96. The van der Waals surface area contributed by atoms with Crippen molar-refractivity contribution in [3.05, 3.63) is 24.0 Å². The van der Waals surface area contributed by atoms with Crippen LogP contribution in [0.4, 0.5) is 4.39 Å². The van der Waals surface area contributed by atoms with Gasteiger partial charge in [-0.05, 0) is 18.2 Å². The van der Waals surface area contributed by atoms with E-state index in [1.807, 2.05) is 0 Å². The van der Waals surface area contributed by atoms with Gasteiger partial charge >= 0.3 is 0 Å². The van der Waals surface area contributed by atoms with Gasteiger partial charge in [-0.3, -0.25) is 0 Å². The quantitative estimate of drug-likeness (QED) is 0.773. The first-order chi connectivity index (χ1) is 7.95. The lowest BCUT2D eigenvalue weighted by molar-refractivity contribution is 0.171. The van der Waals surface area contributed by atoms with Gasteiger partial charge in [-0.25, -0.2) is 17.9 Å². The van der Waals surface area contributed by atoms with Crippen molar-refractivity contribution in [2.24, 2.45) is 5.14 Å². The molecular weight excluding hydrogens is 249 g/mol. The smallest absolute Gasteiger partial charge is 0.241 e. The first-order valence-corrected chi connectivity index (χ1v) is 6.44. The zero-order valence-corrected chi connectivity index (χ0v) is 10.2. The molecule has 0 atom stereocenters. The zero-order chi connectivity index (χ0) is 12.9. The van der Waals surface area contributed by atoms with Gasteiger partial charge < -0.3 is 9.47 Å². The molecule has 0 heterocycles. The third-order valence-corrected chi connectivity index (χ3v) is 2.89. The molecule has 0 aromatic heterocycles. The third kappa shape index (κ3) is 4.29. The predicted octanol–water partition coefficient (Wildman–Crippen LogP) is 0.888. The van der Waals surface area contributed by atoms with Gasteiger partial charge in [-0.2, -0.15) is 0 Å². The predicted molar refractivity (Wildman–Crippen MR) is 59.8 cm³/mol. The van der Waals surface area contributed by atoms with Crippen LogP contribution in [0.3, 0.4) is 0 Å². The second-order valence-electron chi connectivity index (χ2n) is 3.33. The van der Waals surface area contributed by atoms with Crippen LogP contribution in [0.15, 0.2) is 23.1 Å². The van der Waals surface area contributed by atoms with Crippen molar-refractivity contribution in [1.82, 2.24) is 0 Å². The van der Waals surface area contributed by atoms with Gasteiger partial charge in [0, 0.05) is 20.1 Å². The van der Waals surface area contributed by atoms with Gasteiger partial charge in [-0.15, -0.1) is 0 Å². The number of ether oxygens (including phenoxy) is 2. The van der Waals surface area contributed by atoms with Crippen LogP contribution in [0.2, 0.25) is 0 Å². The van der Waals surface area contributed by atoms with Gasteiger partial charge in [0.15, 0.2) is 0 Å². The minimum absolute atomic E-state index is 0.0463. The van der Waals surface area contributed by atoms with Crippen LogP contribution in [0, 0.1) is 5.82 Å². The lowest BCUT2D eigenvalue weighted by atomic mass is 10.3. The third-order valence-electron chi connectivity index (χ3n) is 1.96. The van der Waals surface area contributed by atoms with Crippen LogP contribution < -0.4 is 9.88 Å². The van der Waals surface area contributed by atoms with Gasteiger partial charge in [0.2, 0.25) is 10.0 Å². The molecule has 0 spiro atoms. The van der Waals surface area contributed by atoms with Crippen molar-refractivity contribution in [1.29, 1.82) is 0 Å². The van der Waals surface area contributed by atoms with Crippen LogP contribution >= 0.6 is 0 Å². The van der Waals surface area contributed by atoms with E-state index in [1.54, 1.807) is 7.11 Å². The standard InChI is InChI=1S/C10H14FNO4S/c1-15-5-2-6-16-9-4-3-8(11)7-10(9)17(12,13)14/h3-4,7H,2,5-6H2,1H3,(H2,12,13,14). The molecule has 0 amide bonds. The summed E-state index contributed by atoms with van der Waals surface area (Å²) in [5.41, 5.74) is 0. The summed E-state index contributed by atoms with van der Waals surface area (Å²) in [5.74, 6) is -0.636. The molecule has 0 radical (unpaired) electrons. The minimum atomic E-state index is -3.99.